The number of fused-ring (bicyclic) bond motifs is 1. The number of piperazine rings is 1. The number of hydrogen-bond donors (Lipinski definition) is 0. The van der Waals surface area contributed by atoms with E-state index in [1.165, 1.54) is 11.0 Å². The van der Waals surface area contributed by atoms with Crippen LogP contribution in [0.1, 0.15) is 40.5 Å². The van der Waals surface area contributed by atoms with E-state index in [4.69, 9.17) is 4.74 Å². The number of nitro benzene ring substituents is 1. The van der Waals surface area contributed by atoms with E-state index < -0.39 is 35.2 Å². The zero-order valence-corrected chi connectivity index (χ0v) is 17.4. The second-order valence-corrected chi connectivity index (χ2v) is 7.25. The summed E-state index contributed by atoms with van der Waals surface area (Å²) in [7, 11) is 0. The zero-order chi connectivity index (χ0) is 23.4. The third-order valence-electron chi connectivity index (χ3n) is 5.29. The third kappa shape index (κ3) is 4.74. The SMILES string of the molecule is CCOC(=O)CCC(=O)N1CCN(C(=O)CN2C(=O)c3ccc([N+](=O)[O-])cc3C2=O)CC1. The highest BCUT2D eigenvalue weighted by Gasteiger charge is 2.39. The van der Waals surface area contributed by atoms with Gasteiger partial charge in [-0.15, -0.1) is 0 Å². The number of non-ortho nitro benzene ring substituents is 1. The first-order valence-corrected chi connectivity index (χ1v) is 10.1. The molecule has 1 aromatic carbocycles. The van der Waals surface area contributed by atoms with Crippen LogP contribution in [0.2, 0.25) is 0 Å². The summed E-state index contributed by atoms with van der Waals surface area (Å²) in [6.45, 7) is 2.41. The fourth-order valence-corrected chi connectivity index (χ4v) is 3.58. The van der Waals surface area contributed by atoms with E-state index in [-0.39, 0.29) is 68.3 Å². The van der Waals surface area contributed by atoms with Gasteiger partial charge in [0.05, 0.1) is 29.1 Å². The zero-order valence-electron chi connectivity index (χ0n) is 17.4. The molecule has 170 valence electrons. The van der Waals surface area contributed by atoms with Crippen LogP contribution in [-0.4, -0.2) is 88.6 Å². The minimum Gasteiger partial charge on any atom is -0.466 e. The maximum atomic E-state index is 12.6. The number of carbonyl (C=O) groups excluding carboxylic acids is 5. The Balaban J connectivity index is 1.53. The number of amides is 4. The number of benzene rings is 1. The van der Waals surface area contributed by atoms with Crippen LogP contribution in [0.25, 0.3) is 0 Å². The molecule has 0 radical (unpaired) electrons. The quantitative estimate of drug-likeness (QED) is 0.250. The summed E-state index contributed by atoms with van der Waals surface area (Å²) in [6.07, 6.45) is 0.0116. The lowest BCUT2D eigenvalue weighted by molar-refractivity contribution is -0.384. The first-order chi connectivity index (χ1) is 15.2. The Labute approximate surface area is 182 Å². The Hall–Kier alpha value is -3.83. The summed E-state index contributed by atoms with van der Waals surface area (Å²) in [5.41, 5.74) is -0.402. The second kappa shape index (κ2) is 9.54. The highest BCUT2D eigenvalue weighted by Crippen LogP contribution is 2.26. The monoisotopic (exact) mass is 446 g/mol. The number of esters is 1. The molecule has 1 aromatic rings. The number of rotatable bonds is 7. The average Bonchev–Trinajstić information content (AvgIpc) is 3.02. The van der Waals surface area contributed by atoms with Crippen LogP contribution in [0.5, 0.6) is 0 Å². The predicted octanol–water partition coefficient (Wildman–Crippen LogP) is 0.205. The summed E-state index contributed by atoms with van der Waals surface area (Å²) in [5.74, 6) is -2.56. The van der Waals surface area contributed by atoms with Crippen molar-refractivity contribution in [3.63, 3.8) is 0 Å². The van der Waals surface area contributed by atoms with E-state index in [1.807, 2.05) is 0 Å². The molecule has 12 nitrogen and oxygen atoms in total. The van der Waals surface area contributed by atoms with E-state index in [0.717, 1.165) is 17.0 Å². The molecular formula is C20H22N4O8. The Morgan fingerprint density at radius 3 is 2.16 bits per heavy atom. The van der Waals surface area contributed by atoms with Gasteiger partial charge in [0.2, 0.25) is 11.8 Å². The van der Waals surface area contributed by atoms with Crippen molar-refractivity contribution in [3.05, 3.63) is 39.4 Å². The lowest BCUT2D eigenvalue weighted by Crippen LogP contribution is -2.53. The molecule has 4 amide bonds. The van der Waals surface area contributed by atoms with Gasteiger partial charge in [-0.1, -0.05) is 0 Å². The van der Waals surface area contributed by atoms with Crippen molar-refractivity contribution in [3.8, 4) is 0 Å². The molecule has 1 fully saturated rings. The van der Waals surface area contributed by atoms with E-state index in [9.17, 15) is 34.1 Å². The van der Waals surface area contributed by atoms with Crippen molar-refractivity contribution in [1.29, 1.82) is 0 Å². The van der Waals surface area contributed by atoms with Gasteiger partial charge in [-0.05, 0) is 13.0 Å². The van der Waals surface area contributed by atoms with Crippen LogP contribution in [0.3, 0.4) is 0 Å². The Bertz CT molecular complexity index is 984. The van der Waals surface area contributed by atoms with Gasteiger partial charge in [-0.3, -0.25) is 39.0 Å². The molecule has 0 bridgehead atoms. The fraction of sp³-hybridized carbons (Fsp3) is 0.450. The molecule has 3 rings (SSSR count). The Morgan fingerprint density at radius 1 is 0.969 bits per heavy atom. The minimum absolute atomic E-state index is 0.0102. The van der Waals surface area contributed by atoms with E-state index in [2.05, 4.69) is 0 Å². The van der Waals surface area contributed by atoms with Gasteiger partial charge in [0.15, 0.2) is 0 Å². The topological polar surface area (TPSA) is 147 Å². The van der Waals surface area contributed by atoms with E-state index in [1.54, 1.807) is 11.8 Å². The number of nitro groups is 1. The van der Waals surface area contributed by atoms with Crippen LogP contribution in [0.4, 0.5) is 5.69 Å². The largest absolute Gasteiger partial charge is 0.466 e. The van der Waals surface area contributed by atoms with Gasteiger partial charge in [-0.25, -0.2) is 0 Å². The van der Waals surface area contributed by atoms with Gasteiger partial charge in [-0.2, -0.15) is 0 Å². The van der Waals surface area contributed by atoms with Crippen LogP contribution in [-0.2, 0) is 19.1 Å². The lowest BCUT2D eigenvalue weighted by Gasteiger charge is -2.35. The van der Waals surface area contributed by atoms with Crippen molar-refractivity contribution in [2.24, 2.45) is 0 Å². The fourth-order valence-electron chi connectivity index (χ4n) is 3.58. The molecule has 0 atom stereocenters. The molecule has 0 aromatic heterocycles. The summed E-state index contributed by atoms with van der Waals surface area (Å²) >= 11 is 0. The van der Waals surface area contributed by atoms with Crippen molar-refractivity contribution >= 4 is 35.3 Å². The van der Waals surface area contributed by atoms with E-state index >= 15 is 0 Å². The van der Waals surface area contributed by atoms with Crippen LogP contribution < -0.4 is 0 Å². The number of carbonyl (C=O) groups is 5. The summed E-state index contributed by atoms with van der Waals surface area (Å²) < 4.78 is 4.79. The predicted molar refractivity (Wildman–Crippen MR) is 107 cm³/mol. The first-order valence-electron chi connectivity index (χ1n) is 10.1. The molecule has 0 spiro atoms. The smallest absolute Gasteiger partial charge is 0.306 e. The minimum atomic E-state index is -0.755. The third-order valence-corrected chi connectivity index (χ3v) is 5.29. The van der Waals surface area contributed by atoms with Gasteiger partial charge < -0.3 is 14.5 Å². The van der Waals surface area contributed by atoms with Gasteiger partial charge in [0.25, 0.3) is 17.5 Å². The molecule has 0 N–H and O–H groups in total. The van der Waals surface area contributed by atoms with E-state index in [0.29, 0.717) is 0 Å². The highest BCUT2D eigenvalue weighted by atomic mass is 16.6. The normalized spacial score (nSPS) is 15.6. The average molecular weight is 446 g/mol. The standard InChI is InChI=1S/C20H22N4O8/c1-2-32-18(27)6-5-16(25)21-7-9-22(10-8-21)17(26)12-23-19(28)14-4-3-13(24(30)31)11-15(14)20(23)29/h3-4,11H,2,5-10,12H2,1H3. The molecule has 2 aliphatic rings. The highest BCUT2D eigenvalue weighted by molar-refractivity contribution is 6.22. The summed E-state index contributed by atoms with van der Waals surface area (Å²) in [6, 6.07) is 3.37. The van der Waals surface area contributed by atoms with Crippen LogP contribution >= 0.6 is 0 Å². The van der Waals surface area contributed by atoms with Gasteiger partial charge in [0, 0.05) is 44.7 Å². The molecular weight excluding hydrogens is 424 g/mol. The molecule has 2 aliphatic heterocycles. The van der Waals surface area contributed by atoms with Crippen LogP contribution in [0.15, 0.2) is 18.2 Å². The number of ether oxygens (including phenoxy) is 1. The first kappa shape index (κ1) is 22.8. The molecule has 12 heteroatoms. The van der Waals surface area contributed by atoms with Crippen molar-refractivity contribution in [2.75, 3.05) is 39.3 Å². The molecule has 0 unspecified atom stereocenters. The summed E-state index contributed by atoms with van der Waals surface area (Å²) in [4.78, 5) is 75.3. The van der Waals surface area contributed by atoms with Crippen molar-refractivity contribution in [1.82, 2.24) is 14.7 Å². The van der Waals surface area contributed by atoms with Gasteiger partial charge in [0.1, 0.15) is 6.54 Å². The summed E-state index contributed by atoms with van der Waals surface area (Å²) in [5, 5.41) is 10.9. The van der Waals surface area contributed by atoms with Crippen molar-refractivity contribution < 1.29 is 33.6 Å². The lowest BCUT2D eigenvalue weighted by atomic mass is 10.1. The maximum Gasteiger partial charge on any atom is 0.306 e. The molecule has 1 saturated heterocycles. The number of nitrogens with zero attached hydrogens (tertiary/aromatic N) is 4. The molecule has 32 heavy (non-hydrogen) atoms. The maximum absolute atomic E-state index is 12.6. The van der Waals surface area contributed by atoms with Crippen molar-refractivity contribution in [2.45, 2.75) is 19.8 Å². The Morgan fingerprint density at radius 2 is 1.56 bits per heavy atom. The number of imide groups is 1. The molecule has 0 saturated carbocycles. The van der Waals surface area contributed by atoms with Crippen LogP contribution in [0, 0.1) is 10.1 Å². The molecule has 2 heterocycles. The van der Waals surface area contributed by atoms with Gasteiger partial charge >= 0.3 is 5.97 Å². The second-order valence-electron chi connectivity index (χ2n) is 7.25. The Kier molecular flexibility index (Phi) is 6.81. The number of hydrogen-bond acceptors (Lipinski definition) is 8. The molecule has 0 aliphatic carbocycles.